The van der Waals surface area contributed by atoms with E-state index in [1.165, 1.54) is 30.4 Å². The molecule has 0 atom stereocenters. The van der Waals surface area contributed by atoms with Crippen LogP contribution in [0.3, 0.4) is 0 Å². The van der Waals surface area contributed by atoms with Gasteiger partial charge in [-0.1, -0.05) is 0 Å². The van der Waals surface area contributed by atoms with E-state index in [1.54, 1.807) is 12.1 Å². The molecule has 5 heteroatoms. The largest absolute Gasteiger partial charge is 0.319 e. The van der Waals surface area contributed by atoms with Crippen molar-refractivity contribution in [2.45, 2.75) is 13.8 Å². The van der Waals surface area contributed by atoms with Gasteiger partial charge in [0.1, 0.15) is 5.82 Å². The number of aromatic nitrogens is 1. The Morgan fingerprint density at radius 1 is 1.33 bits per heavy atom. The van der Waals surface area contributed by atoms with Crippen molar-refractivity contribution in [3.8, 4) is 11.3 Å². The lowest BCUT2D eigenvalue weighted by atomic mass is 10.1. The molecule has 1 aromatic carbocycles. The topological polar surface area (TPSA) is 34.4 Å². The number of amides is 1. The highest BCUT2D eigenvalue weighted by atomic mass is 32.1. The number of thiazole rings is 1. The summed E-state index contributed by atoms with van der Waals surface area (Å²) in [5.74, 6) is -0.486. The van der Waals surface area contributed by atoms with Gasteiger partial charge in [-0.2, -0.15) is 4.99 Å². The summed E-state index contributed by atoms with van der Waals surface area (Å²) in [6.07, 6.45) is 0. The maximum atomic E-state index is 12.9. The second-order valence-corrected chi connectivity index (χ2v) is 5.17. The fourth-order valence-electron chi connectivity index (χ4n) is 1.82. The zero-order chi connectivity index (χ0) is 13.3. The molecule has 0 aliphatic heterocycles. The third-order valence-electron chi connectivity index (χ3n) is 2.57. The highest BCUT2D eigenvalue weighted by Crippen LogP contribution is 2.24. The number of nitrogens with zero attached hydrogens (tertiary/aromatic N) is 2. The Bertz CT molecular complexity index is 653. The Labute approximate surface area is 108 Å². The predicted octanol–water partition coefficient (Wildman–Crippen LogP) is 2.65. The molecule has 18 heavy (non-hydrogen) atoms. The summed E-state index contributed by atoms with van der Waals surface area (Å²) in [7, 11) is 1.85. The molecule has 0 saturated carbocycles. The van der Waals surface area contributed by atoms with Crippen LogP contribution in [0.1, 0.15) is 11.8 Å². The van der Waals surface area contributed by atoms with Crippen LogP contribution in [0.2, 0.25) is 0 Å². The molecule has 1 heterocycles. The molecule has 2 rings (SSSR count). The highest BCUT2D eigenvalue weighted by molar-refractivity contribution is 7.09. The SMILES string of the molecule is CC(=O)N=c1sc(C)c(-c2ccc(F)cc2)n1C. The second-order valence-electron chi connectivity index (χ2n) is 3.99. The molecule has 0 fully saturated rings. The van der Waals surface area contributed by atoms with Crippen LogP contribution < -0.4 is 4.80 Å². The van der Waals surface area contributed by atoms with Crippen molar-refractivity contribution in [2.24, 2.45) is 12.0 Å². The summed E-state index contributed by atoms with van der Waals surface area (Å²) in [4.78, 5) is 16.7. The third kappa shape index (κ3) is 2.41. The van der Waals surface area contributed by atoms with Crippen molar-refractivity contribution in [1.29, 1.82) is 0 Å². The number of halogens is 1. The lowest BCUT2D eigenvalue weighted by molar-refractivity contribution is -0.116. The number of carbonyl (C=O) groups excluding carboxylic acids is 1. The quantitative estimate of drug-likeness (QED) is 0.779. The maximum absolute atomic E-state index is 12.9. The zero-order valence-electron chi connectivity index (χ0n) is 10.4. The van der Waals surface area contributed by atoms with E-state index in [2.05, 4.69) is 4.99 Å². The van der Waals surface area contributed by atoms with E-state index < -0.39 is 0 Å². The minimum Gasteiger partial charge on any atom is -0.319 e. The van der Waals surface area contributed by atoms with Gasteiger partial charge < -0.3 is 4.57 Å². The van der Waals surface area contributed by atoms with Crippen LogP contribution in [0.4, 0.5) is 4.39 Å². The number of hydrogen-bond donors (Lipinski definition) is 0. The van der Waals surface area contributed by atoms with Gasteiger partial charge in [-0.05, 0) is 36.8 Å². The standard InChI is InChI=1S/C13H13FN2OS/c1-8-12(10-4-6-11(14)7-5-10)16(3)13(18-8)15-9(2)17/h4-7H,1-3H3. The Balaban J connectivity index is 2.62. The molecule has 0 aliphatic carbocycles. The first-order chi connectivity index (χ1) is 8.49. The van der Waals surface area contributed by atoms with Crippen molar-refractivity contribution in [2.75, 3.05) is 0 Å². The van der Waals surface area contributed by atoms with Gasteiger partial charge >= 0.3 is 0 Å². The summed E-state index contributed by atoms with van der Waals surface area (Å²) in [5.41, 5.74) is 1.87. The Kier molecular flexibility index (Phi) is 3.43. The van der Waals surface area contributed by atoms with Crippen LogP contribution in [-0.2, 0) is 11.8 Å². The molecule has 0 N–H and O–H groups in total. The number of hydrogen-bond acceptors (Lipinski definition) is 2. The molecular formula is C13H13FN2OS. The molecule has 0 spiro atoms. The van der Waals surface area contributed by atoms with Crippen LogP contribution in [0, 0.1) is 12.7 Å². The summed E-state index contributed by atoms with van der Waals surface area (Å²) in [5, 5.41) is 0. The first kappa shape index (κ1) is 12.7. The van der Waals surface area contributed by atoms with Gasteiger partial charge in [0.25, 0.3) is 0 Å². The fraction of sp³-hybridized carbons (Fsp3) is 0.231. The molecule has 3 nitrogen and oxygen atoms in total. The summed E-state index contributed by atoms with van der Waals surface area (Å²) >= 11 is 1.45. The van der Waals surface area contributed by atoms with Gasteiger partial charge in [-0.25, -0.2) is 4.39 Å². The van der Waals surface area contributed by atoms with Crippen LogP contribution in [-0.4, -0.2) is 10.5 Å². The molecule has 1 amide bonds. The minimum absolute atomic E-state index is 0.225. The third-order valence-corrected chi connectivity index (χ3v) is 3.62. The number of benzene rings is 1. The molecule has 94 valence electrons. The molecule has 0 unspecified atom stereocenters. The van der Waals surface area contributed by atoms with Crippen LogP contribution in [0.5, 0.6) is 0 Å². The van der Waals surface area contributed by atoms with Crippen molar-refractivity contribution >= 4 is 17.2 Å². The molecule has 2 aromatic rings. The average molecular weight is 264 g/mol. The van der Waals surface area contributed by atoms with E-state index in [9.17, 15) is 9.18 Å². The first-order valence-corrected chi connectivity index (χ1v) is 6.28. The van der Waals surface area contributed by atoms with Crippen molar-refractivity contribution in [1.82, 2.24) is 4.57 Å². The lowest BCUT2D eigenvalue weighted by Crippen LogP contribution is -2.13. The number of rotatable bonds is 1. The van der Waals surface area contributed by atoms with E-state index >= 15 is 0 Å². The lowest BCUT2D eigenvalue weighted by Gasteiger charge is -2.04. The molecule has 0 radical (unpaired) electrons. The van der Waals surface area contributed by atoms with E-state index in [0.717, 1.165) is 16.1 Å². The number of carbonyl (C=O) groups is 1. The van der Waals surface area contributed by atoms with E-state index in [-0.39, 0.29) is 11.7 Å². The first-order valence-electron chi connectivity index (χ1n) is 5.46. The summed E-state index contributed by atoms with van der Waals surface area (Å²) < 4.78 is 14.8. The summed E-state index contributed by atoms with van der Waals surface area (Å²) in [6, 6.07) is 6.30. The van der Waals surface area contributed by atoms with E-state index in [1.807, 2.05) is 18.5 Å². The van der Waals surface area contributed by atoms with Crippen molar-refractivity contribution < 1.29 is 9.18 Å². The monoisotopic (exact) mass is 264 g/mol. The fourth-order valence-corrected chi connectivity index (χ4v) is 2.85. The van der Waals surface area contributed by atoms with Crippen molar-refractivity contribution in [3.05, 3.63) is 39.8 Å². The smallest absolute Gasteiger partial charge is 0.245 e. The van der Waals surface area contributed by atoms with Crippen molar-refractivity contribution in [3.63, 3.8) is 0 Å². The van der Waals surface area contributed by atoms with Gasteiger partial charge in [0.15, 0.2) is 4.80 Å². The second kappa shape index (κ2) is 4.86. The molecular weight excluding hydrogens is 251 g/mol. The van der Waals surface area contributed by atoms with E-state index in [4.69, 9.17) is 0 Å². The summed E-state index contributed by atoms with van der Waals surface area (Å²) in [6.45, 7) is 3.38. The van der Waals surface area contributed by atoms with Gasteiger partial charge in [-0.15, -0.1) is 11.3 Å². The predicted molar refractivity (Wildman–Crippen MR) is 69.7 cm³/mol. The Morgan fingerprint density at radius 2 is 1.94 bits per heavy atom. The maximum Gasteiger partial charge on any atom is 0.245 e. The highest BCUT2D eigenvalue weighted by Gasteiger charge is 2.10. The Hall–Kier alpha value is -1.75. The van der Waals surface area contributed by atoms with Gasteiger partial charge in [0.2, 0.25) is 5.91 Å². The van der Waals surface area contributed by atoms with Crippen LogP contribution in [0.25, 0.3) is 11.3 Å². The average Bonchev–Trinajstić information content (AvgIpc) is 2.55. The Morgan fingerprint density at radius 3 is 2.50 bits per heavy atom. The zero-order valence-corrected chi connectivity index (χ0v) is 11.2. The van der Waals surface area contributed by atoms with E-state index in [0.29, 0.717) is 4.80 Å². The van der Waals surface area contributed by atoms with Gasteiger partial charge in [0, 0.05) is 18.8 Å². The molecule has 0 bridgehead atoms. The van der Waals surface area contributed by atoms with Gasteiger partial charge in [-0.3, -0.25) is 4.79 Å². The molecule has 1 aromatic heterocycles. The molecule has 0 aliphatic rings. The van der Waals surface area contributed by atoms with Gasteiger partial charge in [0.05, 0.1) is 5.69 Å². The van der Waals surface area contributed by atoms with Crippen LogP contribution >= 0.6 is 11.3 Å². The molecule has 0 saturated heterocycles. The number of aryl methyl sites for hydroxylation is 1. The minimum atomic E-state index is -0.261. The normalized spacial score (nSPS) is 11.9. The van der Waals surface area contributed by atoms with Crippen LogP contribution in [0.15, 0.2) is 29.3 Å².